The molecule has 7 nitrogen and oxygen atoms in total. The molecule has 0 unspecified atom stereocenters. The van der Waals surface area contributed by atoms with Crippen LogP contribution in [0.25, 0.3) is 0 Å². The third-order valence-corrected chi connectivity index (χ3v) is 7.34. The lowest BCUT2D eigenvalue weighted by atomic mass is 10.1. The second kappa shape index (κ2) is 12.1. The molecule has 164 valence electrons. The Morgan fingerprint density at radius 1 is 1.03 bits per heavy atom. The van der Waals surface area contributed by atoms with E-state index in [0.717, 1.165) is 6.54 Å². The first-order chi connectivity index (χ1) is 14.0. The van der Waals surface area contributed by atoms with Gasteiger partial charge in [-0.25, -0.2) is 12.7 Å². The van der Waals surface area contributed by atoms with Gasteiger partial charge in [0, 0.05) is 39.8 Å². The van der Waals surface area contributed by atoms with Gasteiger partial charge in [0.05, 0.1) is 5.75 Å². The standard InChI is InChI=1S/C21H37N5O2S/c1-4-26(5-2)29(27,28)16-13-23-21(22-3)24-17-19-9-11-20(12-10-19)18-25-14-7-6-8-15-25/h9-12H,4-8,13-18H2,1-3H3,(H2,22,23,24). The molecule has 1 fully saturated rings. The van der Waals surface area contributed by atoms with Crippen molar-refractivity contribution in [3.63, 3.8) is 0 Å². The lowest BCUT2D eigenvalue weighted by molar-refractivity contribution is 0.221. The molecule has 0 atom stereocenters. The summed E-state index contributed by atoms with van der Waals surface area (Å²) in [5.41, 5.74) is 2.52. The molecule has 1 saturated heterocycles. The SMILES string of the molecule is CCN(CC)S(=O)(=O)CCNC(=NC)NCc1ccc(CN2CCCCC2)cc1. The van der Waals surface area contributed by atoms with Crippen LogP contribution in [-0.2, 0) is 23.1 Å². The van der Waals surface area contributed by atoms with Crippen molar-refractivity contribution in [2.75, 3.05) is 45.5 Å². The number of hydrogen-bond acceptors (Lipinski definition) is 4. The molecule has 0 aromatic heterocycles. The number of nitrogens with zero attached hydrogens (tertiary/aromatic N) is 3. The van der Waals surface area contributed by atoms with Crippen molar-refractivity contribution in [1.82, 2.24) is 19.8 Å². The van der Waals surface area contributed by atoms with E-state index in [1.54, 1.807) is 7.05 Å². The molecule has 0 spiro atoms. The highest BCUT2D eigenvalue weighted by molar-refractivity contribution is 7.89. The molecule has 8 heteroatoms. The molecule has 0 aliphatic carbocycles. The number of aliphatic imine (C=N–C) groups is 1. The summed E-state index contributed by atoms with van der Waals surface area (Å²) in [5.74, 6) is 0.665. The first kappa shape index (κ1) is 23.6. The van der Waals surface area contributed by atoms with Gasteiger partial charge in [0.15, 0.2) is 5.96 Å². The van der Waals surface area contributed by atoms with Crippen LogP contribution in [0.1, 0.15) is 44.2 Å². The summed E-state index contributed by atoms with van der Waals surface area (Å²) in [7, 11) is -1.54. The zero-order valence-corrected chi connectivity index (χ0v) is 19.0. The van der Waals surface area contributed by atoms with Crippen LogP contribution in [0.5, 0.6) is 0 Å². The first-order valence-corrected chi connectivity index (χ1v) is 12.3. The van der Waals surface area contributed by atoms with Gasteiger partial charge in [-0.05, 0) is 37.1 Å². The molecule has 2 N–H and O–H groups in total. The van der Waals surface area contributed by atoms with Crippen LogP contribution in [0.4, 0.5) is 0 Å². The van der Waals surface area contributed by atoms with Crippen molar-refractivity contribution in [2.45, 2.75) is 46.2 Å². The minimum atomic E-state index is -3.23. The van der Waals surface area contributed by atoms with Gasteiger partial charge in [-0.15, -0.1) is 0 Å². The maximum absolute atomic E-state index is 12.2. The van der Waals surface area contributed by atoms with Gasteiger partial charge in [-0.1, -0.05) is 44.5 Å². The minimum absolute atomic E-state index is 0.0561. The monoisotopic (exact) mass is 423 g/mol. The lowest BCUT2D eigenvalue weighted by Crippen LogP contribution is -2.41. The van der Waals surface area contributed by atoms with Crippen molar-refractivity contribution in [1.29, 1.82) is 0 Å². The van der Waals surface area contributed by atoms with Gasteiger partial charge in [-0.3, -0.25) is 9.89 Å². The number of rotatable bonds is 10. The van der Waals surface area contributed by atoms with Gasteiger partial charge in [0.25, 0.3) is 0 Å². The van der Waals surface area contributed by atoms with Crippen LogP contribution in [0.3, 0.4) is 0 Å². The number of likely N-dealkylation sites (tertiary alicyclic amines) is 1. The van der Waals surface area contributed by atoms with Crippen LogP contribution >= 0.6 is 0 Å². The average Bonchev–Trinajstić information content (AvgIpc) is 2.73. The Bertz CT molecular complexity index is 724. The topological polar surface area (TPSA) is 77.0 Å². The highest BCUT2D eigenvalue weighted by Crippen LogP contribution is 2.13. The van der Waals surface area contributed by atoms with Crippen LogP contribution in [0.15, 0.2) is 29.3 Å². The van der Waals surface area contributed by atoms with E-state index in [4.69, 9.17) is 0 Å². The van der Waals surface area contributed by atoms with Crippen molar-refractivity contribution < 1.29 is 8.42 Å². The van der Waals surface area contributed by atoms with Gasteiger partial charge >= 0.3 is 0 Å². The molecule has 1 aromatic rings. The summed E-state index contributed by atoms with van der Waals surface area (Å²) in [4.78, 5) is 6.70. The quantitative estimate of drug-likeness (QED) is 0.445. The fourth-order valence-electron chi connectivity index (χ4n) is 3.59. The predicted molar refractivity (Wildman–Crippen MR) is 120 cm³/mol. The Morgan fingerprint density at radius 2 is 1.66 bits per heavy atom. The molecule has 0 amide bonds. The Kier molecular flexibility index (Phi) is 9.90. The maximum Gasteiger partial charge on any atom is 0.215 e. The van der Waals surface area contributed by atoms with E-state index >= 15 is 0 Å². The Balaban J connectivity index is 1.75. The molecule has 1 aliphatic rings. The van der Waals surface area contributed by atoms with Crippen molar-refractivity contribution in [3.8, 4) is 0 Å². The first-order valence-electron chi connectivity index (χ1n) is 10.7. The summed E-state index contributed by atoms with van der Waals surface area (Å²) in [6.45, 7) is 9.11. The van der Waals surface area contributed by atoms with Crippen molar-refractivity contribution in [3.05, 3.63) is 35.4 Å². The predicted octanol–water partition coefficient (Wildman–Crippen LogP) is 2.01. The van der Waals surface area contributed by atoms with Crippen LogP contribution in [0, 0.1) is 0 Å². The lowest BCUT2D eigenvalue weighted by Gasteiger charge is -2.26. The molecular weight excluding hydrogens is 386 g/mol. The van der Waals surface area contributed by atoms with E-state index in [2.05, 4.69) is 44.8 Å². The molecule has 0 radical (unpaired) electrons. The number of hydrogen-bond donors (Lipinski definition) is 2. The number of piperidine rings is 1. The summed E-state index contributed by atoms with van der Waals surface area (Å²) in [5, 5.41) is 6.34. The normalized spacial score (nSPS) is 16.2. The zero-order valence-electron chi connectivity index (χ0n) is 18.2. The molecule has 29 heavy (non-hydrogen) atoms. The van der Waals surface area contributed by atoms with Crippen LogP contribution < -0.4 is 10.6 Å². The van der Waals surface area contributed by atoms with E-state index < -0.39 is 10.0 Å². The van der Waals surface area contributed by atoms with E-state index in [9.17, 15) is 8.42 Å². The number of benzene rings is 1. The molecule has 1 heterocycles. The Labute approximate surface area is 176 Å². The van der Waals surface area contributed by atoms with E-state index in [1.165, 1.54) is 47.8 Å². The molecular formula is C21H37N5O2S. The molecule has 0 bridgehead atoms. The number of nitrogens with one attached hydrogen (secondary N) is 2. The fraction of sp³-hybridized carbons (Fsp3) is 0.667. The molecule has 1 aliphatic heterocycles. The minimum Gasteiger partial charge on any atom is -0.355 e. The van der Waals surface area contributed by atoms with Crippen LogP contribution in [0.2, 0.25) is 0 Å². The molecule has 0 saturated carbocycles. The third kappa shape index (κ3) is 7.95. The molecule has 1 aromatic carbocycles. The van der Waals surface area contributed by atoms with Gasteiger partial charge in [0.1, 0.15) is 0 Å². The van der Waals surface area contributed by atoms with E-state index in [1.807, 2.05) is 13.8 Å². The summed E-state index contributed by atoms with van der Waals surface area (Å²) < 4.78 is 26.0. The Morgan fingerprint density at radius 3 is 2.24 bits per heavy atom. The summed E-state index contributed by atoms with van der Waals surface area (Å²) in [6.07, 6.45) is 3.98. The second-order valence-corrected chi connectivity index (χ2v) is 9.49. The summed E-state index contributed by atoms with van der Waals surface area (Å²) in [6, 6.07) is 8.67. The highest BCUT2D eigenvalue weighted by atomic mass is 32.2. The zero-order chi connectivity index (χ0) is 21.1. The third-order valence-electron chi connectivity index (χ3n) is 5.31. The largest absolute Gasteiger partial charge is 0.355 e. The highest BCUT2D eigenvalue weighted by Gasteiger charge is 2.18. The van der Waals surface area contributed by atoms with E-state index in [0.29, 0.717) is 32.1 Å². The second-order valence-electron chi connectivity index (χ2n) is 7.41. The van der Waals surface area contributed by atoms with Gasteiger partial charge < -0.3 is 10.6 Å². The van der Waals surface area contributed by atoms with Crippen LogP contribution in [-0.4, -0.2) is 69.1 Å². The van der Waals surface area contributed by atoms with Gasteiger partial charge in [-0.2, -0.15) is 0 Å². The fourth-order valence-corrected chi connectivity index (χ4v) is 4.99. The number of guanidine groups is 1. The molecule has 2 rings (SSSR count). The average molecular weight is 424 g/mol. The number of sulfonamides is 1. The summed E-state index contributed by atoms with van der Waals surface area (Å²) >= 11 is 0. The van der Waals surface area contributed by atoms with E-state index in [-0.39, 0.29) is 5.75 Å². The van der Waals surface area contributed by atoms with Crippen molar-refractivity contribution in [2.24, 2.45) is 4.99 Å². The maximum atomic E-state index is 12.2. The van der Waals surface area contributed by atoms with Crippen molar-refractivity contribution >= 4 is 16.0 Å². The Hall–Kier alpha value is -1.64. The van der Waals surface area contributed by atoms with Gasteiger partial charge in [0.2, 0.25) is 10.0 Å². The smallest absolute Gasteiger partial charge is 0.215 e.